The number of hydrogen-bond donors (Lipinski definition) is 1. The van der Waals surface area contributed by atoms with Crippen LogP contribution in [0.4, 0.5) is 28.9 Å². The van der Waals surface area contributed by atoms with Crippen molar-refractivity contribution in [3.63, 3.8) is 0 Å². The van der Waals surface area contributed by atoms with Crippen LogP contribution in [-0.4, -0.2) is 33.2 Å². The zero-order valence-corrected chi connectivity index (χ0v) is 24.8. The Balaban J connectivity index is 0.000000221. The summed E-state index contributed by atoms with van der Waals surface area (Å²) in [4.78, 5) is 23.8. The van der Waals surface area contributed by atoms with Crippen molar-refractivity contribution < 1.29 is 31.9 Å². The molecule has 2 aromatic carbocycles. The van der Waals surface area contributed by atoms with Gasteiger partial charge in [-0.3, -0.25) is 14.5 Å². The molecule has 0 aromatic heterocycles. The van der Waals surface area contributed by atoms with Crippen LogP contribution >= 0.6 is 55.1 Å². The fourth-order valence-electron chi connectivity index (χ4n) is 3.39. The minimum absolute atomic E-state index is 0.0631. The Bertz CT molecular complexity index is 1230. The van der Waals surface area contributed by atoms with Gasteiger partial charge >= 0.3 is 17.8 Å². The highest BCUT2D eigenvalue weighted by molar-refractivity contribution is 9.10. The number of carbonyl (C=O) groups excluding carboxylic acids is 2. The minimum Gasteiger partial charge on any atom is -0.361 e. The van der Waals surface area contributed by atoms with Gasteiger partial charge in [0.25, 0.3) is 5.91 Å². The summed E-state index contributed by atoms with van der Waals surface area (Å²) >= 11 is 17.7. The number of carbonyl (C=O) groups is 2. The molecule has 0 spiro atoms. The Morgan fingerprint density at radius 3 is 2.08 bits per heavy atom. The van der Waals surface area contributed by atoms with E-state index in [-0.39, 0.29) is 28.2 Å². The van der Waals surface area contributed by atoms with Crippen LogP contribution in [0.25, 0.3) is 0 Å². The van der Waals surface area contributed by atoms with Crippen LogP contribution in [0, 0.1) is 0 Å². The Hall–Kier alpha value is -1.18. The first-order valence-electron chi connectivity index (χ1n) is 10.4. The molecule has 0 bridgehead atoms. The lowest BCUT2D eigenvalue weighted by Crippen LogP contribution is -2.36. The zero-order chi connectivity index (χ0) is 27.2. The normalized spacial score (nSPS) is 17.4. The fourth-order valence-corrected chi connectivity index (χ4v) is 5.37. The van der Waals surface area contributed by atoms with Gasteiger partial charge in [-0.05, 0) is 62.2 Å². The van der Waals surface area contributed by atoms with E-state index >= 15 is 0 Å². The maximum Gasteiger partial charge on any atom is 0.353 e. The van der Waals surface area contributed by atoms with Crippen molar-refractivity contribution in [2.24, 2.45) is 0 Å². The Labute approximate surface area is 232 Å². The maximum atomic E-state index is 14.2. The van der Waals surface area contributed by atoms with Crippen molar-refractivity contribution in [3.05, 3.63) is 54.4 Å². The molecule has 0 aliphatic carbocycles. The monoisotopic (exact) mass is 692 g/mol. The molecule has 5 nitrogen and oxygen atoms in total. The SMILES string of the molecule is C[Si](C)(C)CCOCN1C(=O)C(F)(F)c2c1ccc(Br)c2Cl.O=C1Nc2ccc(Br)c(Cl)c2C1(F)F. The van der Waals surface area contributed by atoms with E-state index in [0.29, 0.717) is 15.6 Å². The van der Waals surface area contributed by atoms with E-state index in [1.54, 1.807) is 6.07 Å². The Morgan fingerprint density at radius 2 is 1.50 bits per heavy atom. The van der Waals surface area contributed by atoms with Crippen LogP contribution in [0.3, 0.4) is 0 Å². The van der Waals surface area contributed by atoms with E-state index in [4.69, 9.17) is 27.9 Å². The first-order chi connectivity index (χ1) is 16.5. The molecular weight excluding hydrogens is 675 g/mol. The molecule has 2 aromatic rings. The van der Waals surface area contributed by atoms with Gasteiger partial charge in [0, 0.05) is 23.6 Å². The fraction of sp³-hybridized carbons (Fsp3) is 0.364. The molecule has 36 heavy (non-hydrogen) atoms. The highest BCUT2D eigenvalue weighted by Crippen LogP contribution is 2.50. The van der Waals surface area contributed by atoms with Gasteiger partial charge in [0.15, 0.2) is 0 Å². The summed E-state index contributed by atoms with van der Waals surface area (Å²) in [5.74, 6) is -9.81. The van der Waals surface area contributed by atoms with Gasteiger partial charge in [-0.1, -0.05) is 42.8 Å². The Morgan fingerprint density at radius 1 is 0.944 bits per heavy atom. The van der Waals surface area contributed by atoms with E-state index in [0.717, 1.165) is 10.9 Å². The molecule has 0 fully saturated rings. The second kappa shape index (κ2) is 10.5. The summed E-state index contributed by atoms with van der Waals surface area (Å²) in [5.41, 5.74) is -0.745. The topological polar surface area (TPSA) is 58.6 Å². The molecule has 4 rings (SSSR count). The van der Waals surface area contributed by atoms with Crippen LogP contribution in [0.15, 0.2) is 33.2 Å². The van der Waals surface area contributed by atoms with Crippen molar-refractivity contribution in [1.82, 2.24) is 0 Å². The third kappa shape index (κ3) is 5.63. The first kappa shape index (κ1) is 29.4. The highest BCUT2D eigenvalue weighted by Gasteiger charge is 2.54. The molecule has 0 unspecified atom stereocenters. The lowest BCUT2D eigenvalue weighted by atomic mass is 10.1. The van der Waals surface area contributed by atoms with E-state index < -0.39 is 42.9 Å². The number of ether oxygens (including phenoxy) is 1. The zero-order valence-electron chi connectivity index (χ0n) is 19.1. The van der Waals surface area contributed by atoms with E-state index in [2.05, 4.69) is 56.8 Å². The molecule has 0 atom stereocenters. The molecule has 1 N–H and O–H groups in total. The predicted molar refractivity (Wildman–Crippen MR) is 141 cm³/mol. The number of benzene rings is 2. The van der Waals surface area contributed by atoms with Gasteiger partial charge in [0.2, 0.25) is 0 Å². The smallest absolute Gasteiger partial charge is 0.353 e. The number of anilines is 2. The Kier molecular flexibility index (Phi) is 8.59. The second-order valence-corrected chi connectivity index (χ2v) is 17.3. The minimum atomic E-state index is -3.63. The molecule has 2 aliphatic heterocycles. The largest absolute Gasteiger partial charge is 0.361 e. The van der Waals surface area contributed by atoms with Crippen LogP contribution in [0.5, 0.6) is 0 Å². The van der Waals surface area contributed by atoms with Crippen molar-refractivity contribution >= 4 is 86.3 Å². The number of amides is 2. The second-order valence-electron chi connectivity index (χ2n) is 9.22. The highest BCUT2D eigenvalue weighted by atomic mass is 79.9. The molecule has 196 valence electrons. The molecular formula is C22H20Br2Cl2F4N2O3Si. The van der Waals surface area contributed by atoms with Crippen LogP contribution in [0.2, 0.25) is 35.7 Å². The summed E-state index contributed by atoms with van der Waals surface area (Å²) in [6, 6.07) is 6.78. The van der Waals surface area contributed by atoms with Crippen molar-refractivity contribution in [2.75, 3.05) is 23.6 Å². The lowest BCUT2D eigenvalue weighted by molar-refractivity contribution is -0.142. The standard InChI is InChI=1S/C14H17BrClF2NO2Si.C8H3BrClF2NO/c1-22(2,3)7-6-21-8-19-10-5-4-9(15)12(16)11(10)14(17,18)13(19)20;9-3-1-2-4-5(6(3)10)8(11,12)7(14)13-4/h4-5H,6-8H2,1-3H3;1-2H,(H,13,14). The van der Waals surface area contributed by atoms with E-state index in [9.17, 15) is 27.2 Å². The van der Waals surface area contributed by atoms with E-state index in [1.807, 2.05) is 0 Å². The molecule has 0 saturated heterocycles. The lowest BCUT2D eigenvalue weighted by Gasteiger charge is -2.20. The van der Waals surface area contributed by atoms with Crippen LogP contribution in [-0.2, 0) is 26.2 Å². The summed E-state index contributed by atoms with van der Waals surface area (Å²) in [5, 5.41) is 1.79. The van der Waals surface area contributed by atoms with Crippen molar-refractivity contribution in [3.8, 4) is 0 Å². The number of fused-ring (bicyclic) bond motifs is 2. The molecule has 2 heterocycles. The van der Waals surface area contributed by atoms with Gasteiger partial charge < -0.3 is 10.1 Å². The first-order valence-corrected chi connectivity index (χ1v) is 16.5. The molecule has 0 radical (unpaired) electrons. The van der Waals surface area contributed by atoms with E-state index in [1.165, 1.54) is 18.2 Å². The molecule has 2 aliphatic rings. The maximum absolute atomic E-state index is 14.2. The molecule has 0 saturated carbocycles. The van der Waals surface area contributed by atoms with Gasteiger partial charge in [-0.25, -0.2) is 0 Å². The summed E-state index contributed by atoms with van der Waals surface area (Å²) in [7, 11) is -1.27. The van der Waals surface area contributed by atoms with Gasteiger partial charge in [-0.15, -0.1) is 0 Å². The third-order valence-electron chi connectivity index (χ3n) is 5.35. The van der Waals surface area contributed by atoms with Crippen molar-refractivity contribution in [1.29, 1.82) is 0 Å². The number of hydrogen-bond acceptors (Lipinski definition) is 3. The van der Waals surface area contributed by atoms with Crippen molar-refractivity contribution in [2.45, 2.75) is 37.5 Å². The number of rotatable bonds is 5. The molecule has 14 heteroatoms. The number of alkyl halides is 4. The van der Waals surface area contributed by atoms with Gasteiger partial charge in [0.1, 0.15) is 6.73 Å². The summed E-state index contributed by atoms with van der Waals surface area (Å²) in [6.07, 6.45) is 0. The van der Waals surface area contributed by atoms with Crippen LogP contribution < -0.4 is 10.2 Å². The average molecular weight is 695 g/mol. The molecule has 2 amide bonds. The number of nitrogens with zero attached hydrogens (tertiary/aromatic N) is 1. The average Bonchev–Trinajstić information content (AvgIpc) is 3.11. The third-order valence-corrected chi connectivity index (χ3v) is 9.62. The van der Waals surface area contributed by atoms with Crippen LogP contribution in [0.1, 0.15) is 11.1 Å². The number of nitrogens with one attached hydrogen (secondary N) is 1. The summed E-state index contributed by atoms with van der Waals surface area (Å²) in [6.45, 7) is 6.84. The predicted octanol–water partition coefficient (Wildman–Crippen LogP) is 8.00. The number of halogens is 8. The summed E-state index contributed by atoms with van der Waals surface area (Å²) < 4.78 is 61.0. The quantitative estimate of drug-likeness (QED) is 0.196. The van der Waals surface area contributed by atoms with Gasteiger partial charge in [0.05, 0.1) is 32.5 Å². The van der Waals surface area contributed by atoms with Gasteiger partial charge in [-0.2, -0.15) is 17.6 Å².